The van der Waals surface area contributed by atoms with E-state index in [1.807, 2.05) is 0 Å². The summed E-state index contributed by atoms with van der Waals surface area (Å²) in [6.45, 7) is -0.277. The first kappa shape index (κ1) is 16.4. The topological polar surface area (TPSA) is 110 Å². The van der Waals surface area contributed by atoms with Crippen LogP contribution in [0.4, 0.5) is 4.79 Å². The van der Waals surface area contributed by atoms with Crippen LogP contribution in [0.3, 0.4) is 0 Å². The second-order valence-electron chi connectivity index (χ2n) is 5.31. The highest BCUT2D eigenvalue weighted by molar-refractivity contribution is 7.89. The zero-order chi connectivity index (χ0) is 17.5. The average molecular weight is 354 g/mol. The third kappa shape index (κ3) is 2.63. The minimum atomic E-state index is -3.76. The first-order valence-electron chi connectivity index (χ1n) is 7.02. The number of esters is 1. The number of hydrogen-bond acceptors (Lipinski definition) is 7. The predicted octanol–water partition coefficient (Wildman–Crippen LogP) is -0.175. The van der Waals surface area contributed by atoms with Crippen LogP contribution in [0, 0.1) is 0 Å². The van der Waals surface area contributed by atoms with Crippen molar-refractivity contribution in [3.05, 3.63) is 29.8 Å². The van der Waals surface area contributed by atoms with Gasteiger partial charge in [-0.2, -0.15) is 4.31 Å². The van der Waals surface area contributed by atoms with Crippen LogP contribution in [0.1, 0.15) is 10.4 Å². The normalized spacial score (nSPS) is 19.1. The lowest BCUT2D eigenvalue weighted by Gasteiger charge is -2.40. The van der Waals surface area contributed by atoms with E-state index >= 15 is 0 Å². The number of methoxy groups -OCH3 is 1. The van der Waals surface area contributed by atoms with Gasteiger partial charge in [0, 0.05) is 13.1 Å². The molecule has 9 nitrogen and oxygen atoms in total. The Morgan fingerprint density at radius 2 is 1.83 bits per heavy atom. The Kier molecular flexibility index (Phi) is 4.01. The molecule has 128 valence electrons. The summed E-state index contributed by atoms with van der Waals surface area (Å²) in [7, 11) is -2.52. The number of cyclic esters (lactones) is 1. The Morgan fingerprint density at radius 3 is 2.33 bits per heavy atom. The second-order valence-corrected chi connectivity index (χ2v) is 7.25. The third-order valence-electron chi connectivity index (χ3n) is 3.89. The lowest BCUT2D eigenvalue weighted by Crippen LogP contribution is -2.62. The van der Waals surface area contributed by atoms with Gasteiger partial charge in [0.15, 0.2) is 6.61 Å². The molecule has 2 aliphatic rings. The molecule has 0 N–H and O–H groups in total. The van der Waals surface area contributed by atoms with Crippen molar-refractivity contribution in [3.63, 3.8) is 0 Å². The molecule has 0 unspecified atom stereocenters. The highest BCUT2D eigenvalue weighted by atomic mass is 32.2. The molecule has 10 heteroatoms. The van der Waals surface area contributed by atoms with E-state index in [4.69, 9.17) is 0 Å². The van der Waals surface area contributed by atoms with Crippen LogP contribution in [-0.2, 0) is 24.3 Å². The van der Waals surface area contributed by atoms with Crippen molar-refractivity contribution in [2.45, 2.75) is 10.9 Å². The molecule has 24 heavy (non-hydrogen) atoms. The summed E-state index contributed by atoms with van der Waals surface area (Å²) >= 11 is 0. The number of carbonyl (C=O) groups is 3. The molecule has 0 radical (unpaired) electrons. The lowest BCUT2D eigenvalue weighted by atomic mass is 10.1. The molecular weight excluding hydrogens is 340 g/mol. The van der Waals surface area contributed by atoms with E-state index in [1.54, 1.807) is 0 Å². The van der Waals surface area contributed by atoms with Crippen LogP contribution in [0.25, 0.3) is 0 Å². The van der Waals surface area contributed by atoms with Gasteiger partial charge >= 0.3 is 12.1 Å². The average Bonchev–Trinajstić information content (AvgIpc) is 2.85. The van der Waals surface area contributed by atoms with Gasteiger partial charge < -0.3 is 9.47 Å². The van der Waals surface area contributed by atoms with Crippen LogP contribution in [0.15, 0.2) is 29.2 Å². The SMILES string of the molecule is COC(=O)c1ccc(S(=O)(=O)N2CC(N3C(=O)COC3=O)C2)cc1. The number of benzene rings is 1. The summed E-state index contributed by atoms with van der Waals surface area (Å²) in [5.41, 5.74) is 0.239. The molecule has 2 saturated heterocycles. The van der Waals surface area contributed by atoms with E-state index < -0.39 is 34.0 Å². The van der Waals surface area contributed by atoms with Crippen LogP contribution < -0.4 is 0 Å². The quantitative estimate of drug-likeness (QED) is 0.690. The van der Waals surface area contributed by atoms with Gasteiger partial charge in [-0.15, -0.1) is 0 Å². The number of ether oxygens (including phenoxy) is 2. The third-order valence-corrected chi connectivity index (χ3v) is 5.74. The summed E-state index contributed by atoms with van der Waals surface area (Å²) < 4.78 is 35.3. The van der Waals surface area contributed by atoms with Gasteiger partial charge in [0.25, 0.3) is 5.91 Å². The Morgan fingerprint density at radius 1 is 1.21 bits per heavy atom. The number of carbonyl (C=O) groups excluding carboxylic acids is 3. The molecule has 0 atom stereocenters. The van der Waals surface area contributed by atoms with Crippen molar-refractivity contribution in [1.29, 1.82) is 0 Å². The number of amides is 2. The van der Waals surface area contributed by atoms with Crippen LogP contribution >= 0.6 is 0 Å². The molecule has 2 aliphatic heterocycles. The van der Waals surface area contributed by atoms with Crippen LogP contribution in [0.2, 0.25) is 0 Å². The summed E-state index contributed by atoms with van der Waals surface area (Å²) in [6.07, 6.45) is -0.746. The van der Waals surface area contributed by atoms with E-state index in [0.29, 0.717) is 0 Å². The van der Waals surface area contributed by atoms with Crippen molar-refractivity contribution in [2.24, 2.45) is 0 Å². The predicted molar refractivity (Wildman–Crippen MR) is 78.5 cm³/mol. The number of nitrogens with zero attached hydrogens (tertiary/aromatic N) is 2. The smallest absolute Gasteiger partial charge is 0.417 e. The molecule has 2 heterocycles. The van der Waals surface area contributed by atoms with Crippen molar-refractivity contribution < 1.29 is 32.3 Å². The van der Waals surface area contributed by atoms with E-state index in [2.05, 4.69) is 9.47 Å². The Balaban J connectivity index is 1.70. The lowest BCUT2D eigenvalue weighted by molar-refractivity contribution is -0.128. The fourth-order valence-electron chi connectivity index (χ4n) is 2.52. The first-order chi connectivity index (χ1) is 11.3. The van der Waals surface area contributed by atoms with Crippen LogP contribution in [-0.4, -0.2) is 68.4 Å². The van der Waals surface area contributed by atoms with Gasteiger partial charge in [-0.25, -0.2) is 22.9 Å². The maximum Gasteiger partial charge on any atom is 0.417 e. The molecule has 2 amide bonds. The van der Waals surface area contributed by atoms with Crippen molar-refractivity contribution in [3.8, 4) is 0 Å². The van der Waals surface area contributed by atoms with E-state index in [0.717, 1.165) is 9.21 Å². The molecule has 1 aromatic carbocycles. The maximum absolute atomic E-state index is 12.5. The van der Waals surface area contributed by atoms with Crippen LogP contribution in [0.5, 0.6) is 0 Å². The highest BCUT2D eigenvalue weighted by Crippen LogP contribution is 2.26. The standard InChI is InChI=1S/C14H14N2O7S/c1-22-13(18)9-2-4-11(5-3-9)24(20,21)15-6-10(7-15)16-12(17)8-23-14(16)19/h2-5,10H,6-8H2,1H3. The number of rotatable bonds is 4. The summed E-state index contributed by atoms with van der Waals surface area (Å²) in [5.74, 6) is -1.03. The van der Waals surface area contributed by atoms with Crippen molar-refractivity contribution in [1.82, 2.24) is 9.21 Å². The van der Waals surface area contributed by atoms with E-state index in [1.165, 1.54) is 31.4 Å². The zero-order valence-corrected chi connectivity index (χ0v) is 13.5. The summed E-state index contributed by atoms with van der Waals surface area (Å²) in [4.78, 5) is 35.3. The molecule has 0 spiro atoms. The Hall–Kier alpha value is -2.46. The Bertz CT molecular complexity index is 781. The Labute approximate surface area is 137 Å². The van der Waals surface area contributed by atoms with Gasteiger partial charge in [-0.05, 0) is 24.3 Å². The minimum absolute atomic E-state index is 0.0158. The fraction of sp³-hybridized carbons (Fsp3) is 0.357. The first-order valence-corrected chi connectivity index (χ1v) is 8.46. The molecule has 0 aromatic heterocycles. The van der Waals surface area contributed by atoms with Crippen molar-refractivity contribution >= 4 is 28.0 Å². The molecule has 0 bridgehead atoms. The van der Waals surface area contributed by atoms with Crippen molar-refractivity contribution in [2.75, 3.05) is 26.8 Å². The van der Waals surface area contributed by atoms with E-state index in [-0.39, 0.29) is 30.2 Å². The van der Waals surface area contributed by atoms with Gasteiger partial charge in [0.2, 0.25) is 10.0 Å². The van der Waals surface area contributed by atoms with E-state index in [9.17, 15) is 22.8 Å². The molecule has 0 aliphatic carbocycles. The monoisotopic (exact) mass is 354 g/mol. The molecular formula is C14H14N2O7S. The molecule has 0 saturated carbocycles. The number of hydrogen-bond donors (Lipinski definition) is 0. The van der Waals surface area contributed by atoms with Gasteiger partial charge in [0.1, 0.15) is 0 Å². The molecule has 3 rings (SSSR count). The molecule has 2 fully saturated rings. The number of imide groups is 1. The van der Waals surface area contributed by atoms with Gasteiger partial charge in [-0.1, -0.05) is 0 Å². The minimum Gasteiger partial charge on any atom is -0.465 e. The largest absolute Gasteiger partial charge is 0.465 e. The maximum atomic E-state index is 12.5. The van der Waals surface area contributed by atoms with Gasteiger partial charge in [-0.3, -0.25) is 4.79 Å². The van der Waals surface area contributed by atoms with Gasteiger partial charge in [0.05, 0.1) is 23.6 Å². The zero-order valence-electron chi connectivity index (χ0n) is 12.7. The summed E-state index contributed by atoms with van der Waals surface area (Å²) in [5, 5.41) is 0. The fourth-order valence-corrected chi connectivity index (χ4v) is 4.04. The summed E-state index contributed by atoms with van der Waals surface area (Å²) in [6, 6.07) is 4.82. The second kappa shape index (κ2) is 5.87. The number of sulfonamides is 1. The molecule has 1 aromatic rings. The highest BCUT2D eigenvalue weighted by Gasteiger charge is 2.46.